The fourth-order valence-corrected chi connectivity index (χ4v) is 2.17. The Labute approximate surface area is 113 Å². The Balaban J connectivity index is 2.35. The summed E-state index contributed by atoms with van der Waals surface area (Å²) in [6.45, 7) is 6.88. The van der Waals surface area contributed by atoms with Crippen molar-refractivity contribution >= 4 is 5.97 Å². The molecular formula is C16H19NO2. The molecule has 1 aromatic carbocycles. The van der Waals surface area contributed by atoms with E-state index in [2.05, 4.69) is 12.1 Å². The lowest BCUT2D eigenvalue weighted by atomic mass is 10.2. The van der Waals surface area contributed by atoms with E-state index in [9.17, 15) is 4.79 Å². The van der Waals surface area contributed by atoms with Crippen LogP contribution in [0.15, 0.2) is 36.5 Å². The first kappa shape index (κ1) is 13.4. The van der Waals surface area contributed by atoms with E-state index in [0.29, 0.717) is 18.8 Å². The summed E-state index contributed by atoms with van der Waals surface area (Å²) in [6.07, 6.45) is 2.01. The molecule has 0 aliphatic rings. The van der Waals surface area contributed by atoms with E-state index >= 15 is 0 Å². The molecule has 0 bridgehead atoms. The minimum Gasteiger partial charge on any atom is -0.461 e. The highest BCUT2D eigenvalue weighted by Crippen LogP contribution is 2.18. The first-order valence-corrected chi connectivity index (χ1v) is 6.50. The largest absolute Gasteiger partial charge is 0.461 e. The van der Waals surface area contributed by atoms with Crippen molar-refractivity contribution in [2.75, 3.05) is 6.61 Å². The third-order valence-electron chi connectivity index (χ3n) is 3.25. The smallest absolute Gasteiger partial charge is 0.355 e. The summed E-state index contributed by atoms with van der Waals surface area (Å²) in [7, 11) is 0. The van der Waals surface area contributed by atoms with E-state index in [1.807, 2.05) is 49.7 Å². The summed E-state index contributed by atoms with van der Waals surface area (Å²) < 4.78 is 7.11. The summed E-state index contributed by atoms with van der Waals surface area (Å²) >= 11 is 0. The highest BCUT2D eigenvalue weighted by molar-refractivity contribution is 5.90. The predicted octanol–water partition coefficient (Wildman–Crippen LogP) is 3.33. The quantitative estimate of drug-likeness (QED) is 0.787. The fraction of sp³-hybridized carbons (Fsp3) is 0.312. The Morgan fingerprint density at radius 2 is 1.89 bits per heavy atom. The molecule has 3 heteroatoms. The average molecular weight is 257 g/mol. The number of carbonyl (C=O) groups is 1. The summed E-state index contributed by atoms with van der Waals surface area (Å²) in [5, 5.41) is 0. The Kier molecular flexibility index (Phi) is 4.05. The van der Waals surface area contributed by atoms with Gasteiger partial charge >= 0.3 is 5.97 Å². The van der Waals surface area contributed by atoms with Crippen LogP contribution in [0.3, 0.4) is 0 Å². The van der Waals surface area contributed by atoms with Crippen LogP contribution in [0.2, 0.25) is 0 Å². The van der Waals surface area contributed by atoms with Crippen molar-refractivity contribution in [3.8, 4) is 0 Å². The second-order valence-corrected chi connectivity index (χ2v) is 4.62. The minimum atomic E-state index is -0.246. The molecule has 3 nitrogen and oxygen atoms in total. The van der Waals surface area contributed by atoms with E-state index < -0.39 is 0 Å². The third kappa shape index (κ3) is 2.87. The van der Waals surface area contributed by atoms with Gasteiger partial charge in [0.05, 0.1) is 6.61 Å². The molecule has 0 aliphatic carbocycles. The molecule has 0 unspecified atom stereocenters. The first-order chi connectivity index (χ1) is 9.13. The van der Waals surface area contributed by atoms with Crippen LogP contribution >= 0.6 is 0 Å². The molecule has 1 heterocycles. The molecule has 0 atom stereocenters. The molecule has 0 N–H and O–H groups in total. The molecule has 0 spiro atoms. The van der Waals surface area contributed by atoms with Gasteiger partial charge in [0, 0.05) is 12.7 Å². The van der Waals surface area contributed by atoms with E-state index in [0.717, 1.165) is 11.1 Å². The summed E-state index contributed by atoms with van der Waals surface area (Å²) in [5.41, 5.74) is 3.93. The number of rotatable bonds is 4. The SMILES string of the molecule is CCOC(=O)c1c(C)c(C)cn1Cc1ccccc1. The van der Waals surface area contributed by atoms with Crippen molar-refractivity contribution in [1.82, 2.24) is 4.57 Å². The fourth-order valence-electron chi connectivity index (χ4n) is 2.17. The standard InChI is InChI=1S/C16H19NO2/c1-4-19-16(18)15-13(3)12(2)10-17(15)11-14-8-6-5-7-9-14/h5-10H,4,11H2,1-3H3. The van der Waals surface area contributed by atoms with E-state index in [1.165, 1.54) is 5.56 Å². The molecular weight excluding hydrogens is 238 g/mol. The molecule has 0 aliphatic heterocycles. The Hall–Kier alpha value is -2.03. The van der Waals surface area contributed by atoms with Gasteiger partial charge in [-0.2, -0.15) is 0 Å². The molecule has 19 heavy (non-hydrogen) atoms. The second kappa shape index (κ2) is 5.74. The van der Waals surface area contributed by atoms with E-state index in [-0.39, 0.29) is 5.97 Å². The van der Waals surface area contributed by atoms with Crippen LogP contribution in [0.4, 0.5) is 0 Å². The summed E-state index contributed by atoms with van der Waals surface area (Å²) in [4.78, 5) is 12.0. The van der Waals surface area contributed by atoms with Crippen molar-refractivity contribution in [3.63, 3.8) is 0 Å². The first-order valence-electron chi connectivity index (χ1n) is 6.50. The number of hydrogen-bond acceptors (Lipinski definition) is 2. The summed E-state index contributed by atoms with van der Waals surface area (Å²) in [5.74, 6) is -0.246. The number of ether oxygens (including phenoxy) is 1. The molecule has 0 radical (unpaired) electrons. The van der Waals surface area contributed by atoms with Gasteiger partial charge in [0.1, 0.15) is 5.69 Å². The minimum absolute atomic E-state index is 0.246. The Morgan fingerprint density at radius 3 is 2.53 bits per heavy atom. The topological polar surface area (TPSA) is 31.2 Å². The van der Waals surface area contributed by atoms with Crippen LogP contribution in [-0.4, -0.2) is 17.1 Å². The zero-order valence-corrected chi connectivity index (χ0v) is 11.6. The predicted molar refractivity (Wildman–Crippen MR) is 75.4 cm³/mol. The number of esters is 1. The van der Waals surface area contributed by atoms with E-state index in [4.69, 9.17) is 4.74 Å². The number of aromatic nitrogens is 1. The van der Waals surface area contributed by atoms with Crippen molar-refractivity contribution in [1.29, 1.82) is 0 Å². The highest BCUT2D eigenvalue weighted by atomic mass is 16.5. The van der Waals surface area contributed by atoms with Crippen molar-refractivity contribution in [3.05, 3.63) is 58.9 Å². The molecule has 1 aromatic heterocycles. The highest BCUT2D eigenvalue weighted by Gasteiger charge is 2.18. The number of aryl methyl sites for hydroxylation is 1. The maximum atomic E-state index is 12.0. The summed E-state index contributed by atoms with van der Waals surface area (Å²) in [6, 6.07) is 10.1. The third-order valence-corrected chi connectivity index (χ3v) is 3.25. The van der Waals surface area contributed by atoms with Gasteiger partial charge < -0.3 is 9.30 Å². The number of hydrogen-bond donors (Lipinski definition) is 0. The molecule has 2 rings (SSSR count). The Morgan fingerprint density at radius 1 is 1.21 bits per heavy atom. The molecule has 100 valence electrons. The number of nitrogens with zero attached hydrogens (tertiary/aromatic N) is 1. The van der Waals surface area contributed by atoms with E-state index in [1.54, 1.807) is 0 Å². The second-order valence-electron chi connectivity index (χ2n) is 4.62. The zero-order chi connectivity index (χ0) is 13.8. The van der Waals surface area contributed by atoms with Crippen LogP contribution in [0.5, 0.6) is 0 Å². The average Bonchev–Trinajstić information content (AvgIpc) is 2.66. The van der Waals surface area contributed by atoms with Gasteiger partial charge in [-0.3, -0.25) is 0 Å². The van der Waals surface area contributed by atoms with Crippen LogP contribution in [-0.2, 0) is 11.3 Å². The maximum absolute atomic E-state index is 12.0. The van der Waals surface area contributed by atoms with Gasteiger partial charge in [-0.1, -0.05) is 30.3 Å². The molecule has 2 aromatic rings. The van der Waals surface area contributed by atoms with Gasteiger partial charge in [0.2, 0.25) is 0 Å². The lowest BCUT2D eigenvalue weighted by Gasteiger charge is -2.09. The van der Waals surface area contributed by atoms with Gasteiger partial charge in [-0.05, 0) is 37.5 Å². The monoisotopic (exact) mass is 257 g/mol. The molecule has 0 amide bonds. The number of carbonyl (C=O) groups excluding carboxylic acids is 1. The lowest BCUT2D eigenvalue weighted by Crippen LogP contribution is -2.13. The van der Waals surface area contributed by atoms with Crippen molar-refractivity contribution in [2.24, 2.45) is 0 Å². The lowest BCUT2D eigenvalue weighted by molar-refractivity contribution is 0.0513. The van der Waals surface area contributed by atoms with Crippen molar-refractivity contribution in [2.45, 2.75) is 27.3 Å². The van der Waals surface area contributed by atoms with Crippen molar-refractivity contribution < 1.29 is 9.53 Å². The van der Waals surface area contributed by atoms with Gasteiger partial charge in [-0.15, -0.1) is 0 Å². The molecule has 0 fully saturated rings. The molecule has 0 saturated heterocycles. The van der Waals surface area contributed by atoms with Gasteiger partial charge in [0.15, 0.2) is 0 Å². The maximum Gasteiger partial charge on any atom is 0.355 e. The Bertz CT molecular complexity index is 570. The van der Waals surface area contributed by atoms with Gasteiger partial charge in [0.25, 0.3) is 0 Å². The molecule has 0 saturated carbocycles. The normalized spacial score (nSPS) is 10.5. The van der Waals surface area contributed by atoms with Crippen LogP contribution in [0.1, 0.15) is 34.1 Å². The van der Waals surface area contributed by atoms with Crippen LogP contribution in [0.25, 0.3) is 0 Å². The zero-order valence-electron chi connectivity index (χ0n) is 11.6. The van der Waals surface area contributed by atoms with Crippen LogP contribution < -0.4 is 0 Å². The van der Waals surface area contributed by atoms with Crippen LogP contribution in [0, 0.1) is 13.8 Å². The van der Waals surface area contributed by atoms with Gasteiger partial charge in [-0.25, -0.2) is 4.79 Å². The number of benzene rings is 1.